The summed E-state index contributed by atoms with van der Waals surface area (Å²) in [5, 5.41) is 0. The Hall–Kier alpha value is -1.94. The normalized spacial score (nSPS) is 15.0. The van der Waals surface area contributed by atoms with Crippen LogP contribution in [-0.2, 0) is 14.1 Å². The smallest absolute Gasteiger partial charge is 0.316 e. The summed E-state index contributed by atoms with van der Waals surface area (Å²) in [6, 6.07) is 5.13. The van der Waals surface area contributed by atoms with Gasteiger partial charge in [-0.2, -0.15) is 0 Å². The molecule has 2 atom stereocenters. The first-order chi connectivity index (χ1) is 11.6. The van der Waals surface area contributed by atoms with Gasteiger partial charge in [0.1, 0.15) is 23.0 Å². The summed E-state index contributed by atoms with van der Waals surface area (Å²) in [4.78, 5) is 25.2. The van der Waals surface area contributed by atoms with E-state index in [4.69, 9.17) is 18.8 Å². The molecule has 0 bridgehead atoms. The lowest BCUT2D eigenvalue weighted by Gasteiger charge is -2.21. The monoisotopic (exact) mass is 355 g/mol. The maximum absolute atomic E-state index is 13.0. The highest BCUT2D eigenvalue weighted by Crippen LogP contribution is 2.38. The second kappa shape index (κ2) is 10.0. The average Bonchev–Trinajstić information content (AvgIpc) is 3.16. The molecule has 1 aromatic rings. The highest BCUT2D eigenvalue weighted by atomic mass is 31.0. The van der Waals surface area contributed by atoms with Gasteiger partial charge in [0.25, 0.3) is 0 Å². The van der Waals surface area contributed by atoms with Crippen molar-refractivity contribution in [3.63, 3.8) is 0 Å². The zero-order valence-electron chi connectivity index (χ0n) is 14.2. The van der Waals surface area contributed by atoms with E-state index in [2.05, 4.69) is 0 Å². The molecule has 1 aromatic carbocycles. The Kier molecular flexibility index (Phi) is 8.41. The topological polar surface area (TPSA) is 78.9 Å². The zero-order valence-corrected chi connectivity index (χ0v) is 15.4. The van der Waals surface area contributed by atoms with Crippen LogP contribution < -0.4 is 9.47 Å². The second-order valence-corrected chi connectivity index (χ2v) is 5.45. The molecule has 0 spiro atoms. The quantitative estimate of drug-likeness (QED) is 0.338. The van der Waals surface area contributed by atoms with E-state index < -0.39 is 11.9 Å². The van der Waals surface area contributed by atoms with Crippen LogP contribution in [0, 0.1) is 11.8 Å². The third kappa shape index (κ3) is 4.32. The predicted molar refractivity (Wildman–Crippen MR) is 91.7 cm³/mol. The molecule has 1 aliphatic rings. The molecule has 0 N–H and O–H groups in total. The van der Waals surface area contributed by atoms with E-state index in [0.29, 0.717) is 17.1 Å². The fourth-order valence-corrected chi connectivity index (χ4v) is 3.18. The molecule has 0 saturated heterocycles. The Morgan fingerprint density at radius 2 is 1.54 bits per heavy atom. The number of esters is 1. The first-order valence-electron chi connectivity index (χ1n) is 7.70. The number of rotatable bonds is 6. The lowest BCUT2D eigenvalue weighted by Crippen LogP contribution is -2.32. The van der Waals surface area contributed by atoms with Gasteiger partial charge >= 0.3 is 15.1 Å². The fraction of sp³-hybridized carbons (Fsp3) is 0.529. The van der Waals surface area contributed by atoms with Gasteiger partial charge in [-0.3, -0.25) is 9.59 Å². The van der Waals surface area contributed by atoms with Gasteiger partial charge in [-0.25, -0.2) is 0 Å². The lowest BCUT2D eigenvalue weighted by molar-refractivity contribution is -0.145. The Labute approximate surface area is 144 Å². The van der Waals surface area contributed by atoms with Crippen LogP contribution in [0.3, 0.4) is 0 Å². The largest absolute Gasteiger partial charge is 0.496 e. The second-order valence-electron chi connectivity index (χ2n) is 5.45. The predicted octanol–water partition coefficient (Wildman–Crippen LogP) is 3.07. The Morgan fingerprint density at radius 1 is 1.04 bits per heavy atom. The van der Waals surface area contributed by atoms with Crippen molar-refractivity contribution >= 4 is 20.9 Å². The van der Waals surface area contributed by atoms with Gasteiger partial charge < -0.3 is 14.2 Å². The Balaban J connectivity index is 0.00000139. The van der Waals surface area contributed by atoms with Crippen molar-refractivity contribution in [1.82, 2.24) is 0 Å². The molecule has 0 radical (unpaired) electrons. The van der Waals surface area contributed by atoms with Crippen molar-refractivity contribution < 1.29 is 28.4 Å². The van der Waals surface area contributed by atoms with Gasteiger partial charge in [0.15, 0.2) is 5.78 Å². The van der Waals surface area contributed by atoms with Crippen molar-refractivity contribution in [2.24, 2.45) is 11.8 Å². The number of methoxy groups -OCH3 is 3. The van der Waals surface area contributed by atoms with E-state index in [1.807, 2.05) is 0 Å². The molecule has 0 heterocycles. The summed E-state index contributed by atoms with van der Waals surface area (Å²) < 4.78 is 23.6. The van der Waals surface area contributed by atoms with Gasteiger partial charge in [-0.05, 0) is 30.9 Å². The first kappa shape index (κ1) is 20.1. The molecular formula is C17H24O6P+. The summed E-state index contributed by atoms with van der Waals surface area (Å²) in [5.74, 6) is -0.710. The zero-order chi connectivity index (χ0) is 18.1. The molecule has 0 aromatic heterocycles. The molecule has 1 saturated carbocycles. The van der Waals surface area contributed by atoms with E-state index in [9.17, 15) is 9.59 Å². The molecule has 2 unspecified atom stereocenters. The van der Waals surface area contributed by atoms with Gasteiger partial charge in [0, 0.05) is 0 Å². The highest BCUT2D eigenvalue weighted by Gasteiger charge is 2.39. The number of ketones is 1. The minimum atomic E-state index is -0.794. The molecule has 24 heavy (non-hydrogen) atoms. The fourth-order valence-electron chi connectivity index (χ4n) is 3.18. The van der Waals surface area contributed by atoms with Crippen molar-refractivity contribution in [2.45, 2.75) is 25.7 Å². The standard InChI is InChI=1S/C17H22O5.H2OP/c1-20-12-9-6-10-13(21-2)15(12)16(18)14(17(19)22-3)11-7-4-5-8-11;1-2/h6,9-11,14H,4-5,7-8H2,1-3H3;2H2/q;+1. The Morgan fingerprint density at radius 3 is 1.96 bits per heavy atom. The highest BCUT2D eigenvalue weighted by molar-refractivity contribution is 7.00. The third-order valence-corrected chi connectivity index (χ3v) is 4.28. The number of ether oxygens (including phenoxy) is 3. The molecule has 0 amide bonds. The van der Waals surface area contributed by atoms with Gasteiger partial charge in [-0.1, -0.05) is 23.5 Å². The maximum Gasteiger partial charge on any atom is 0.316 e. The van der Waals surface area contributed by atoms with Crippen molar-refractivity contribution in [1.29, 1.82) is 0 Å². The van der Waals surface area contributed by atoms with E-state index >= 15 is 0 Å². The van der Waals surface area contributed by atoms with Crippen LogP contribution in [0.25, 0.3) is 0 Å². The van der Waals surface area contributed by atoms with Gasteiger partial charge in [-0.15, -0.1) is 0 Å². The minimum Gasteiger partial charge on any atom is -0.496 e. The molecule has 7 heteroatoms. The maximum atomic E-state index is 13.0. The summed E-state index contributed by atoms with van der Waals surface area (Å²) in [6.07, 6.45) is 3.80. The summed E-state index contributed by atoms with van der Waals surface area (Å²) >= 11 is 0. The SMILES string of the molecule is COC(=O)C(C(=O)c1c(OC)cccc1OC)C1CCCC1.O=[PH2+]. The van der Waals surface area contributed by atoms with Crippen LogP contribution >= 0.6 is 9.12 Å². The van der Waals surface area contributed by atoms with Crippen LogP contribution in [0.1, 0.15) is 36.0 Å². The van der Waals surface area contributed by atoms with E-state index in [1.54, 1.807) is 18.2 Å². The molecule has 6 nitrogen and oxygen atoms in total. The molecule has 1 fully saturated rings. The number of Topliss-reactive ketones (excluding diaryl/α,β-unsaturated/α-hetero) is 1. The first-order valence-corrected chi connectivity index (χ1v) is 8.17. The molecule has 2 rings (SSSR count). The number of carbonyl (C=O) groups is 2. The minimum absolute atomic E-state index is 0.0227. The summed E-state index contributed by atoms with van der Waals surface area (Å²) in [6.45, 7) is 0. The van der Waals surface area contributed by atoms with Crippen LogP contribution in [0.2, 0.25) is 0 Å². The van der Waals surface area contributed by atoms with Crippen LogP contribution in [-0.4, -0.2) is 33.1 Å². The number of carbonyl (C=O) groups excluding carboxylic acids is 2. The lowest BCUT2D eigenvalue weighted by atomic mass is 9.84. The average molecular weight is 355 g/mol. The van der Waals surface area contributed by atoms with Crippen molar-refractivity contribution in [3.8, 4) is 11.5 Å². The Bertz CT molecular complexity index is 546. The third-order valence-electron chi connectivity index (χ3n) is 4.28. The molecule has 0 aliphatic heterocycles. The number of hydrogen-bond donors (Lipinski definition) is 0. The van der Waals surface area contributed by atoms with Crippen molar-refractivity contribution in [2.75, 3.05) is 21.3 Å². The molecular weight excluding hydrogens is 331 g/mol. The van der Waals surface area contributed by atoms with Gasteiger partial charge in [0.2, 0.25) is 0 Å². The molecule has 132 valence electrons. The van der Waals surface area contributed by atoms with Gasteiger partial charge in [0.05, 0.1) is 21.3 Å². The van der Waals surface area contributed by atoms with E-state index in [0.717, 1.165) is 25.7 Å². The van der Waals surface area contributed by atoms with E-state index in [1.165, 1.54) is 30.4 Å². The number of benzene rings is 1. The van der Waals surface area contributed by atoms with E-state index in [-0.39, 0.29) is 11.7 Å². The van der Waals surface area contributed by atoms with Crippen LogP contribution in [0.4, 0.5) is 0 Å². The summed E-state index contributed by atoms with van der Waals surface area (Å²) in [5.41, 5.74) is 0.315. The van der Waals surface area contributed by atoms with Crippen molar-refractivity contribution in [3.05, 3.63) is 23.8 Å². The number of hydrogen-bond acceptors (Lipinski definition) is 6. The van der Waals surface area contributed by atoms with Crippen LogP contribution in [0.15, 0.2) is 18.2 Å². The van der Waals surface area contributed by atoms with Crippen LogP contribution in [0.5, 0.6) is 11.5 Å². The molecule has 1 aliphatic carbocycles. The summed E-state index contributed by atoms with van der Waals surface area (Å²) in [7, 11) is 5.47.